The molecule has 14 nitrogen and oxygen atoms in total. The van der Waals surface area contributed by atoms with Crippen LogP contribution in [0.15, 0.2) is 15.7 Å². The quantitative estimate of drug-likeness (QED) is 0.233. The number of hydrogen-bond acceptors (Lipinski definition) is 10. The van der Waals surface area contributed by atoms with Gasteiger partial charge in [0.15, 0.2) is 11.3 Å². The first-order valence-corrected chi connectivity index (χ1v) is 14.6. The van der Waals surface area contributed by atoms with E-state index < -0.39 is 89.3 Å². The Kier molecular flexibility index (Phi) is 12.0. The zero-order chi connectivity index (χ0) is 34.6. The van der Waals surface area contributed by atoms with Crippen molar-refractivity contribution in [3.05, 3.63) is 26.9 Å². The van der Waals surface area contributed by atoms with Crippen LogP contribution in [0.1, 0.15) is 54.4 Å². The van der Waals surface area contributed by atoms with Crippen molar-refractivity contribution in [3.63, 3.8) is 0 Å². The van der Waals surface area contributed by atoms with Gasteiger partial charge >= 0.3 is 17.8 Å². The summed E-state index contributed by atoms with van der Waals surface area (Å²) >= 11 is 0. The summed E-state index contributed by atoms with van der Waals surface area (Å²) in [5, 5.41) is 11.2. The number of carbonyl (C=O) groups excluding carboxylic acids is 4. The molecule has 3 atom stereocenters. The Hall–Kier alpha value is -3.86. The smallest absolute Gasteiger partial charge is 0.451 e. The number of aliphatic carboxylic acids is 1. The molecule has 1 aliphatic heterocycles. The third-order valence-electron chi connectivity index (χ3n) is 8.06. The summed E-state index contributed by atoms with van der Waals surface area (Å²) in [6, 6.07) is -1.99. The predicted molar refractivity (Wildman–Crippen MR) is 155 cm³/mol. The fourth-order valence-electron chi connectivity index (χ4n) is 5.53. The highest BCUT2D eigenvalue weighted by atomic mass is 19.4. The van der Waals surface area contributed by atoms with E-state index in [9.17, 15) is 51.8 Å². The summed E-state index contributed by atoms with van der Waals surface area (Å²) < 4.78 is 41.3. The third-order valence-corrected chi connectivity index (χ3v) is 8.06. The highest BCUT2D eigenvalue weighted by Crippen LogP contribution is 2.30. The van der Waals surface area contributed by atoms with Crippen molar-refractivity contribution in [2.45, 2.75) is 91.3 Å². The van der Waals surface area contributed by atoms with Crippen molar-refractivity contribution in [3.8, 4) is 0 Å². The molecule has 0 saturated carbocycles. The first-order valence-electron chi connectivity index (χ1n) is 14.6. The van der Waals surface area contributed by atoms with E-state index in [1.807, 2.05) is 5.32 Å². The Balaban J connectivity index is 2.49. The molecule has 1 fully saturated rings. The number of nitrogens with zero attached hydrogens (tertiary/aromatic N) is 4. The number of halogens is 3. The summed E-state index contributed by atoms with van der Waals surface area (Å²) in [6.45, 7) is 7.71. The summed E-state index contributed by atoms with van der Waals surface area (Å²) in [5.41, 5.74) is 1.82. The van der Waals surface area contributed by atoms with Gasteiger partial charge in [0.2, 0.25) is 5.91 Å². The number of carboxylic acid groups (broad SMARTS) is 1. The van der Waals surface area contributed by atoms with Gasteiger partial charge in [-0.1, -0.05) is 27.7 Å². The van der Waals surface area contributed by atoms with Crippen LogP contribution in [0.3, 0.4) is 0 Å². The van der Waals surface area contributed by atoms with Crippen LogP contribution in [0.5, 0.6) is 0 Å². The molecule has 0 radical (unpaired) electrons. The van der Waals surface area contributed by atoms with E-state index in [-0.39, 0.29) is 38.3 Å². The number of nitrogens with two attached hydrogens (primary N) is 1. The highest BCUT2D eigenvalue weighted by Gasteiger charge is 2.51. The van der Waals surface area contributed by atoms with Crippen molar-refractivity contribution in [1.82, 2.24) is 19.4 Å². The van der Waals surface area contributed by atoms with Gasteiger partial charge in [0.1, 0.15) is 12.4 Å². The van der Waals surface area contributed by atoms with Crippen molar-refractivity contribution < 1.29 is 42.3 Å². The summed E-state index contributed by atoms with van der Waals surface area (Å²) in [6.07, 6.45) is -4.85. The number of anilines is 1. The van der Waals surface area contributed by atoms with Gasteiger partial charge in [-0.15, -0.1) is 0 Å². The van der Waals surface area contributed by atoms with Crippen LogP contribution < -0.4 is 27.2 Å². The number of aromatic nitrogens is 2. The van der Waals surface area contributed by atoms with Crippen LogP contribution in [-0.2, 0) is 37.1 Å². The van der Waals surface area contributed by atoms with Crippen LogP contribution in [-0.4, -0.2) is 91.9 Å². The van der Waals surface area contributed by atoms with Crippen LogP contribution in [0.25, 0.3) is 0 Å². The lowest BCUT2D eigenvalue weighted by molar-refractivity contribution is -0.179. The molecule has 2 amide bonds. The van der Waals surface area contributed by atoms with Gasteiger partial charge in [-0.25, -0.2) is 9.36 Å². The van der Waals surface area contributed by atoms with Crippen molar-refractivity contribution in [1.29, 1.82) is 0 Å². The molecule has 2 heterocycles. The topological polar surface area (TPSA) is 194 Å². The normalized spacial score (nSPS) is 17.6. The van der Waals surface area contributed by atoms with E-state index in [0.717, 1.165) is 15.5 Å². The standard InChI is InChI=1S/C28H41F3N6O8/c1-7-34(8-2)19-12-20(39)37(14-21(40)41)26(45)36(19)13-18(38)27(32,16(5)6)25(44)33-24(43)17-10-9-11-35(17)22(15(3)4)23(42)28(29,30)31/h12,15-17,22H,7-11,13-14,32H2,1-6H3,(H,40,41)(H,33,43,44)/t17-,22-,27+/m0/s1. The fourth-order valence-corrected chi connectivity index (χ4v) is 5.53. The summed E-state index contributed by atoms with van der Waals surface area (Å²) in [5.74, 6) is -8.72. The second-order valence-electron chi connectivity index (χ2n) is 11.6. The van der Waals surface area contributed by atoms with Crippen LogP contribution in [0, 0.1) is 11.8 Å². The van der Waals surface area contributed by atoms with Crippen LogP contribution in [0.2, 0.25) is 0 Å². The van der Waals surface area contributed by atoms with Crippen molar-refractivity contribution in [2.24, 2.45) is 17.6 Å². The molecule has 2 rings (SSSR count). The lowest BCUT2D eigenvalue weighted by Crippen LogP contribution is -2.66. The van der Waals surface area contributed by atoms with Gasteiger partial charge < -0.3 is 15.7 Å². The van der Waals surface area contributed by atoms with E-state index in [1.54, 1.807) is 18.7 Å². The highest BCUT2D eigenvalue weighted by molar-refractivity contribution is 6.15. The Labute approximate surface area is 257 Å². The Morgan fingerprint density at radius 3 is 2.09 bits per heavy atom. The van der Waals surface area contributed by atoms with Gasteiger partial charge in [0, 0.05) is 19.2 Å². The zero-order valence-corrected chi connectivity index (χ0v) is 26.1. The zero-order valence-electron chi connectivity index (χ0n) is 26.1. The fraction of sp³-hybridized carbons (Fsp3) is 0.679. The molecule has 4 N–H and O–H groups in total. The Morgan fingerprint density at radius 1 is 1.04 bits per heavy atom. The maximum atomic E-state index is 13.7. The predicted octanol–water partition coefficient (Wildman–Crippen LogP) is 0.127. The van der Waals surface area contributed by atoms with E-state index >= 15 is 0 Å². The van der Waals surface area contributed by atoms with E-state index in [0.29, 0.717) is 4.57 Å². The minimum atomic E-state index is -5.15. The number of likely N-dealkylation sites (tertiary alicyclic amines) is 1. The lowest BCUT2D eigenvalue weighted by Gasteiger charge is -2.35. The minimum Gasteiger partial charge on any atom is -0.480 e. The molecule has 252 valence electrons. The van der Waals surface area contributed by atoms with Crippen LogP contribution >= 0.6 is 0 Å². The molecule has 0 aliphatic carbocycles. The molecule has 1 aromatic rings. The van der Waals surface area contributed by atoms with Gasteiger partial charge in [-0.05, 0) is 45.1 Å². The number of nitrogens with one attached hydrogen (secondary N) is 1. The monoisotopic (exact) mass is 646 g/mol. The third kappa shape index (κ3) is 7.87. The van der Waals surface area contributed by atoms with E-state index in [1.165, 1.54) is 27.7 Å². The van der Waals surface area contributed by atoms with Gasteiger partial charge in [-0.3, -0.25) is 43.6 Å². The summed E-state index contributed by atoms with van der Waals surface area (Å²) in [7, 11) is 0. The average molecular weight is 647 g/mol. The van der Waals surface area contributed by atoms with Gasteiger partial charge in [0.25, 0.3) is 17.2 Å². The SMILES string of the molecule is CCN(CC)c1cc(=O)n(CC(=O)O)c(=O)n1CC(=O)[C@@](N)(C(=O)NC(=O)[C@@H]1CCCN1[C@H](C(=O)C(F)(F)F)C(C)C)C(C)C. The van der Waals surface area contributed by atoms with E-state index in [4.69, 9.17) is 5.73 Å². The molecule has 1 saturated heterocycles. The molecular formula is C28H41F3N6O8. The number of imide groups is 1. The van der Waals surface area contributed by atoms with Gasteiger partial charge in [0.05, 0.1) is 18.6 Å². The number of carboxylic acids is 1. The van der Waals surface area contributed by atoms with Crippen molar-refractivity contribution >= 4 is 35.2 Å². The number of carbonyl (C=O) groups is 5. The molecule has 0 bridgehead atoms. The molecule has 0 spiro atoms. The second-order valence-corrected chi connectivity index (χ2v) is 11.6. The van der Waals surface area contributed by atoms with Gasteiger partial charge in [-0.2, -0.15) is 13.2 Å². The number of alkyl halides is 3. The first kappa shape index (κ1) is 37.3. The Morgan fingerprint density at radius 2 is 1.62 bits per heavy atom. The molecule has 1 aromatic heterocycles. The molecule has 0 aromatic carbocycles. The lowest BCUT2D eigenvalue weighted by atomic mass is 9.82. The number of ketones is 2. The summed E-state index contributed by atoms with van der Waals surface area (Å²) in [4.78, 5) is 92.6. The maximum Gasteiger partial charge on any atom is 0.451 e. The number of rotatable bonds is 14. The van der Waals surface area contributed by atoms with Crippen LogP contribution in [0.4, 0.5) is 19.0 Å². The largest absolute Gasteiger partial charge is 0.480 e. The average Bonchev–Trinajstić information content (AvgIpc) is 3.41. The molecular weight excluding hydrogens is 605 g/mol. The van der Waals surface area contributed by atoms with E-state index in [2.05, 4.69) is 0 Å². The molecule has 0 unspecified atom stereocenters. The second kappa shape index (κ2) is 14.5. The molecule has 1 aliphatic rings. The van der Waals surface area contributed by atoms with Crippen molar-refractivity contribution in [2.75, 3.05) is 24.5 Å². The number of Topliss-reactive ketones (excluding diaryl/α,β-unsaturated/α-hetero) is 2. The number of hydrogen-bond donors (Lipinski definition) is 3. The minimum absolute atomic E-state index is 0.0169. The maximum absolute atomic E-state index is 13.7. The molecule has 17 heteroatoms. The Bertz CT molecular complexity index is 1430. The number of amides is 2. The first-order chi connectivity index (χ1) is 20.7. The molecule has 45 heavy (non-hydrogen) atoms.